The van der Waals surface area contributed by atoms with E-state index in [0.29, 0.717) is 5.92 Å². The monoisotopic (exact) mass is 227 g/mol. The van der Waals surface area contributed by atoms with Gasteiger partial charge in [-0.25, -0.2) is 0 Å². The SMILES string of the molecule is CC(C)[C@@H](N)c1ccc(Br)cc1. The Balaban J connectivity index is 2.82. The molecule has 0 spiro atoms. The molecule has 1 aromatic carbocycles. The summed E-state index contributed by atoms with van der Waals surface area (Å²) in [6.45, 7) is 4.26. The highest BCUT2D eigenvalue weighted by Gasteiger charge is 2.08. The van der Waals surface area contributed by atoms with Crippen molar-refractivity contribution < 1.29 is 0 Å². The van der Waals surface area contributed by atoms with E-state index in [2.05, 4.69) is 41.9 Å². The Kier molecular flexibility index (Phi) is 3.29. The first kappa shape index (κ1) is 9.75. The molecule has 1 rings (SSSR count). The summed E-state index contributed by atoms with van der Waals surface area (Å²) in [5.41, 5.74) is 7.17. The number of hydrogen-bond acceptors (Lipinski definition) is 1. The minimum atomic E-state index is 0.151. The highest BCUT2D eigenvalue weighted by molar-refractivity contribution is 9.10. The molecule has 0 fully saturated rings. The highest BCUT2D eigenvalue weighted by Crippen LogP contribution is 2.20. The van der Waals surface area contributed by atoms with Crippen LogP contribution < -0.4 is 5.73 Å². The summed E-state index contributed by atoms with van der Waals surface area (Å²) in [6.07, 6.45) is 0. The van der Waals surface area contributed by atoms with Gasteiger partial charge in [0.05, 0.1) is 0 Å². The van der Waals surface area contributed by atoms with Crippen molar-refractivity contribution in [2.45, 2.75) is 19.9 Å². The van der Waals surface area contributed by atoms with E-state index in [1.807, 2.05) is 12.1 Å². The largest absolute Gasteiger partial charge is 0.324 e. The van der Waals surface area contributed by atoms with Crippen LogP contribution in [0.25, 0.3) is 0 Å². The average molecular weight is 228 g/mol. The highest BCUT2D eigenvalue weighted by atomic mass is 79.9. The van der Waals surface area contributed by atoms with Gasteiger partial charge in [-0.2, -0.15) is 0 Å². The molecule has 0 amide bonds. The van der Waals surface area contributed by atoms with Crippen LogP contribution in [0.5, 0.6) is 0 Å². The van der Waals surface area contributed by atoms with Gasteiger partial charge in [-0.1, -0.05) is 41.9 Å². The molecule has 0 saturated carbocycles. The summed E-state index contributed by atoms with van der Waals surface area (Å²) in [5, 5.41) is 0. The Labute approximate surface area is 82.1 Å². The van der Waals surface area contributed by atoms with Crippen molar-refractivity contribution in [1.82, 2.24) is 0 Å². The number of hydrogen-bond donors (Lipinski definition) is 1. The summed E-state index contributed by atoms with van der Waals surface area (Å²) < 4.78 is 1.10. The second-order valence-corrected chi connectivity index (χ2v) is 4.24. The first-order valence-electron chi connectivity index (χ1n) is 4.12. The first-order chi connectivity index (χ1) is 5.61. The molecular formula is C10H14BrN. The maximum atomic E-state index is 5.97. The van der Waals surface area contributed by atoms with Crippen LogP contribution in [-0.4, -0.2) is 0 Å². The molecule has 0 bridgehead atoms. The molecular weight excluding hydrogens is 214 g/mol. The fraction of sp³-hybridized carbons (Fsp3) is 0.400. The van der Waals surface area contributed by atoms with E-state index >= 15 is 0 Å². The lowest BCUT2D eigenvalue weighted by atomic mass is 9.97. The first-order valence-corrected chi connectivity index (χ1v) is 4.91. The zero-order valence-corrected chi connectivity index (χ0v) is 9.01. The van der Waals surface area contributed by atoms with Crippen molar-refractivity contribution in [2.75, 3.05) is 0 Å². The van der Waals surface area contributed by atoms with Gasteiger partial charge in [0, 0.05) is 10.5 Å². The maximum Gasteiger partial charge on any atom is 0.0318 e. The Morgan fingerprint density at radius 2 is 1.67 bits per heavy atom. The number of nitrogens with two attached hydrogens (primary N) is 1. The van der Waals surface area contributed by atoms with Gasteiger partial charge in [-0.3, -0.25) is 0 Å². The molecule has 1 aromatic rings. The zero-order chi connectivity index (χ0) is 9.14. The van der Waals surface area contributed by atoms with Gasteiger partial charge < -0.3 is 5.73 Å². The van der Waals surface area contributed by atoms with Crippen LogP contribution in [0.1, 0.15) is 25.5 Å². The van der Waals surface area contributed by atoms with Gasteiger partial charge in [0.25, 0.3) is 0 Å². The van der Waals surface area contributed by atoms with E-state index in [1.165, 1.54) is 5.56 Å². The summed E-state index contributed by atoms with van der Waals surface area (Å²) in [5.74, 6) is 0.492. The van der Waals surface area contributed by atoms with E-state index in [-0.39, 0.29) is 6.04 Å². The van der Waals surface area contributed by atoms with Gasteiger partial charge in [-0.15, -0.1) is 0 Å². The van der Waals surface area contributed by atoms with Crippen LogP contribution in [-0.2, 0) is 0 Å². The van der Waals surface area contributed by atoms with Gasteiger partial charge in [0.15, 0.2) is 0 Å². The van der Waals surface area contributed by atoms with Crippen molar-refractivity contribution in [1.29, 1.82) is 0 Å². The standard InChI is InChI=1S/C10H14BrN/c1-7(2)10(12)8-3-5-9(11)6-4-8/h3-7,10H,12H2,1-2H3/t10-/m1/s1. The summed E-state index contributed by atoms with van der Waals surface area (Å²) in [6, 6.07) is 8.33. The van der Waals surface area contributed by atoms with Gasteiger partial charge >= 0.3 is 0 Å². The van der Waals surface area contributed by atoms with Crippen LogP contribution in [0.15, 0.2) is 28.7 Å². The molecule has 0 unspecified atom stereocenters. The van der Waals surface area contributed by atoms with E-state index < -0.39 is 0 Å². The third-order valence-corrected chi connectivity index (χ3v) is 2.50. The Morgan fingerprint density at radius 3 is 2.08 bits per heavy atom. The molecule has 12 heavy (non-hydrogen) atoms. The van der Waals surface area contributed by atoms with Crippen molar-refractivity contribution in [2.24, 2.45) is 11.7 Å². The quantitative estimate of drug-likeness (QED) is 0.826. The molecule has 1 atom stereocenters. The number of rotatable bonds is 2. The van der Waals surface area contributed by atoms with E-state index in [0.717, 1.165) is 4.47 Å². The third kappa shape index (κ3) is 2.32. The molecule has 0 aliphatic heterocycles. The molecule has 0 aliphatic carbocycles. The predicted molar refractivity (Wildman–Crippen MR) is 55.9 cm³/mol. The lowest BCUT2D eigenvalue weighted by Crippen LogP contribution is -2.16. The van der Waals surface area contributed by atoms with Crippen molar-refractivity contribution >= 4 is 15.9 Å². The molecule has 2 N–H and O–H groups in total. The molecule has 0 aromatic heterocycles. The summed E-state index contributed by atoms with van der Waals surface area (Å²) >= 11 is 3.39. The maximum absolute atomic E-state index is 5.97. The summed E-state index contributed by atoms with van der Waals surface area (Å²) in [4.78, 5) is 0. The Bertz CT molecular complexity index is 241. The minimum Gasteiger partial charge on any atom is -0.324 e. The minimum absolute atomic E-state index is 0.151. The normalized spacial score (nSPS) is 13.4. The molecule has 66 valence electrons. The molecule has 0 heterocycles. The topological polar surface area (TPSA) is 26.0 Å². The van der Waals surface area contributed by atoms with E-state index in [9.17, 15) is 0 Å². The molecule has 2 heteroatoms. The van der Waals surface area contributed by atoms with Crippen molar-refractivity contribution in [3.8, 4) is 0 Å². The molecule has 0 aliphatic rings. The number of benzene rings is 1. The van der Waals surface area contributed by atoms with Gasteiger partial charge in [-0.05, 0) is 23.6 Å². The molecule has 0 radical (unpaired) electrons. The van der Waals surface area contributed by atoms with Crippen LogP contribution in [0.2, 0.25) is 0 Å². The van der Waals surface area contributed by atoms with Crippen molar-refractivity contribution in [3.63, 3.8) is 0 Å². The second kappa shape index (κ2) is 4.06. The Hall–Kier alpha value is -0.340. The van der Waals surface area contributed by atoms with Gasteiger partial charge in [0.2, 0.25) is 0 Å². The fourth-order valence-electron chi connectivity index (χ4n) is 1.07. The molecule has 0 saturated heterocycles. The Morgan fingerprint density at radius 1 is 1.17 bits per heavy atom. The summed E-state index contributed by atoms with van der Waals surface area (Å²) in [7, 11) is 0. The van der Waals surface area contributed by atoms with Crippen LogP contribution >= 0.6 is 15.9 Å². The lowest BCUT2D eigenvalue weighted by molar-refractivity contribution is 0.514. The van der Waals surface area contributed by atoms with E-state index in [1.54, 1.807) is 0 Å². The predicted octanol–water partition coefficient (Wildman–Crippen LogP) is 3.10. The smallest absolute Gasteiger partial charge is 0.0318 e. The van der Waals surface area contributed by atoms with Crippen LogP contribution in [0.4, 0.5) is 0 Å². The van der Waals surface area contributed by atoms with Crippen LogP contribution in [0.3, 0.4) is 0 Å². The average Bonchev–Trinajstić information content (AvgIpc) is 2.04. The van der Waals surface area contributed by atoms with Crippen LogP contribution in [0, 0.1) is 5.92 Å². The zero-order valence-electron chi connectivity index (χ0n) is 7.42. The second-order valence-electron chi connectivity index (χ2n) is 3.32. The molecule has 1 nitrogen and oxygen atoms in total. The van der Waals surface area contributed by atoms with Crippen molar-refractivity contribution in [3.05, 3.63) is 34.3 Å². The number of halogens is 1. The van der Waals surface area contributed by atoms with E-state index in [4.69, 9.17) is 5.73 Å². The lowest BCUT2D eigenvalue weighted by Gasteiger charge is -2.15. The van der Waals surface area contributed by atoms with Gasteiger partial charge in [0.1, 0.15) is 0 Å². The third-order valence-electron chi connectivity index (χ3n) is 1.97. The fourth-order valence-corrected chi connectivity index (χ4v) is 1.33.